The maximum absolute atomic E-state index is 11.6. The summed E-state index contributed by atoms with van der Waals surface area (Å²) in [7, 11) is 1.44. The smallest absolute Gasteiger partial charge is 0.323 e. The quantitative estimate of drug-likeness (QED) is 0.703. The molecule has 100 valence electrons. The first-order valence-electron chi connectivity index (χ1n) is 6.23. The Morgan fingerprint density at radius 1 is 1.65 bits per heavy atom. The summed E-state index contributed by atoms with van der Waals surface area (Å²) in [6.07, 6.45) is 2.39. The van der Waals surface area contributed by atoms with Gasteiger partial charge in [0.1, 0.15) is 6.04 Å². The molecule has 0 aromatic carbocycles. The Labute approximate surface area is 108 Å². The van der Waals surface area contributed by atoms with Gasteiger partial charge in [-0.3, -0.25) is 4.79 Å². The molecule has 1 aliphatic heterocycles. The van der Waals surface area contributed by atoms with Crippen molar-refractivity contribution in [3.8, 4) is 0 Å². The molecule has 0 bridgehead atoms. The van der Waals surface area contributed by atoms with Crippen LogP contribution in [0.25, 0.3) is 0 Å². The van der Waals surface area contributed by atoms with Gasteiger partial charge in [-0.1, -0.05) is 6.92 Å². The zero-order chi connectivity index (χ0) is 12.7. The molecule has 5 heteroatoms. The lowest BCUT2D eigenvalue weighted by Gasteiger charge is -2.19. The molecule has 1 N–H and O–H groups in total. The second kappa shape index (κ2) is 7.95. The van der Waals surface area contributed by atoms with Crippen LogP contribution in [0.1, 0.15) is 26.7 Å². The summed E-state index contributed by atoms with van der Waals surface area (Å²) < 4.78 is 10.3. The van der Waals surface area contributed by atoms with Gasteiger partial charge in [-0.2, -0.15) is 11.8 Å². The molecular weight excluding hydrogens is 238 g/mol. The van der Waals surface area contributed by atoms with E-state index >= 15 is 0 Å². The van der Waals surface area contributed by atoms with E-state index in [-0.39, 0.29) is 12.0 Å². The van der Waals surface area contributed by atoms with Crippen LogP contribution in [0.15, 0.2) is 0 Å². The number of thioether (sulfide) groups is 1. The van der Waals surface area contributed by atoms with Crippen LogP contribution in [0.5, 0.6) is 0 Å². The topological polar surface area (TPSA) is 47.6 Å². The minimum absolute atomic E-state index is 0.169. The van der Waals surface area contributed by atoms with Crippen molar-refractivity contribution in [2.75, 3.05) is 26.0 Å². The first-order chi connectivity index (χ1) is 8.19. The van der Waals surface area contributed by atoms with Crippen molar-refractivity contribution in [3.05, 3.63) is 0 Å². The van der Waals surface area contributed by atoms with Crippen LogP contribution < -0.4 is 5.32 Å². The fourth-order valence-corrected chi connectivity index (χ4v) is 3.13. The minimum atomic E-state index is -0.197. The number of carbonyl (C=O) groups excluding carboxylic acids is 1. The van der Waals surface area contributed by atoms with Crippen LogP contribution in [0.4, 0.5) is 0 Å². The van der Waals surface area contributed by atoms with Gasteiger partial charge in [-0.25, -0.2) is 0 Å². The van der Waals surface area contributed by atoms with Crippen molar-refractivity contribution >= 4 is 17.7 Å². The van der Waals surface area contributed by atoms with Gasteiger partial charge >= 0.3 is 5.97 Å². The van der Waals surface area contributed by atoms with Crippen molar-refractivity contribution < 1.29 is 14.3 Å². The van der Waals surface area contributed by atoms with Crippen molar-refractivity contribution in [1.29, 1.82) is 0 Å². The Hall–Kier alpha value is -0.260. The molecule has 1 saturated heterocycles. The van der Waals surface area contributed by atoms with Crippen LogP contribution in [-0.2, 0) is 14.3 Å². The van der Waals surface area contributed by atoms with E-state index in [1.165, 1.54) is 7.11 Å². The Balaban J connectivity index is 2.34. The van der Waals surface area contributed by atoms with E-state index in [2.05, 4.69) is 19.2 Å². The Morgan fingerprint density at radius 3 is 2.94 bits per heavy atom. The van der Waals surface area contributed by atoms with Gasteiger partial charge < -0.3 is 14.8 Å². The third-order valence-corrected chi connectivity index (χ3v) is 4.48. The van der Waals surface area contributed by atoms with Crippen LogP contribution in [0.3, 0.4) is 0 Å². The summed E-state index contributed by atoms with van der Waals surface area (Å²) in [5.41, 5.74) is 0. The van der Waals surface area contributed by atoms with E-state index in [0.29, 0.717) is 11.4 Å². The standard InChI is InChI=1S/C12H23NO3S/c1-4-6-13-10(12(14)15-3)8-17-11-5-7-16-9(11)2/h9-11,13H,4-8H2,1-3H3. The lowest BCUT2D eigenvalue weighted by Crippen LogP contribution is -2.40. The van der Waals surface area contributed by atoms with E-state index in [4.69, 9.17) is 9.47 Å². The van der Waals surface area contributed by atoms with Gasteiger partial charge in [0.2, 0.25) is 0 Å². The molecule has 0 aromatic rings. The van der Waals surface area contributed by atoms with Gasteiger partial charge in [0.15, 0.2) is 0 Å². The zero-order valence-corrected chi connectivity index (χ0v) is 11.7. The molecule has 0 amide bonds. The van der Waals surface area contributed by atoms with Crippen molar-refractivity contribution in [1.82, 2.24) is 5.32 Å². The van der Waals surface area contributed by atoms with Gasteiger partial charge in [0.25, 0.3) is 0 Å². The predicted octanol–water partition coefficient (Wildman–Crippen LogP) is 1.44. The average Bonchev–Trinajstić information content (AvgIpc) is 2.74. The fourth-order valence-electron chi connectivity index (χ4n) is 1.82. The van der Waals surface area contributed by atoms with Crippen LogP contribution >= 0.6 is 11.8 Å². The van der Waals surface area contributed by atoms with Crippen molar-refractivity contribution in [2.24, 2.45) is 0 Å². The summed E-state index contributed by atoms with van der Waals surface area (Å²) in [6.45, 7) is 5.86. The Bertz CT molecular complexity index is 238. The van der Waals surface area contributed by atoms with Crippen LogP contribution in [0, 0.1) is 0 Å². The zero-order valence-electron chi connectivity index (χ0n) is 10.9. The molecule has 1 aliphatic rings. The molecule has 0 spiro atoms. The lowest BCUT2D eigenvalue weighted by atomic mass is 10.3. The molecule has 4 nitrogen and oxygen atoms in total. The number of ether oxygens (including phenoxy) is 2. The molecule has 3 atom stereocenters. The highest BCUT2D eigenvalue weighted by Crippen LogP contribution is 2.26. The summed E-state index contributed by atoms with van der Waals surface area (Å²) in [6, 6.07) is -0.197. The molecule has 0 radical (unpaired) electrons. The minimum Gasteiger partial charge on any atom is -0.468 e. The summed E-state index contributed by atoms with van der Waals surface area (Å²) in [5.74, 6) is 0.586. The van der Waals surface area contributed by atoms with E-state index in [0.717, 1.165) is 31.7 Å². The Morgan fingerprint density at radius 2 is 2.41 bits per heavy atom. The summed E-state index contributed by atoms with van der Waals surface area (Å²) >= 11 is 1.81. The first kappa shape index (κ1) is 14.8. The van der Waals surface area contributed by atoms with E-state index < -0.39 is 0 Å². The molecule has 3 unspecified atom stereocenters. The highest BCUT2D eigenvalue weighted by atomic mass is 32.2. The molecule has 0 saturated carbocycles. The predicted molar refractivity (Wildman–Crippen MR) is 70.4 cm³/mol. The summed E-state index contributed by atoms with van der Waals surface area (Å²) in [4.78, 5) is 11.6. The van der Waals surface area contributed by atoms with Gasteiger partial charge in [-0.15, -0.1) is 0 Å². The van der Waals surface area contributed by atoms with E-state index in [1.807, 2.05) is 0 Å². The van der Waals surface area contributed by atoms with E-state index in [1.54, 1.807) is 11.8 Å². The van der Waals surface area contributed by atoms with E-state index in [9.17, 15) is 4.79 Å². The molecule has 1 rings (SSSR count). The maximum atomic E-state index is 11.6. The van der Waals surface area contributed by atoms with Crippen molar-refractivity contribution in [3.63, 3.8) is 0 Å². The molecular formula is C12H23NO3S. The van der Waals surface area contributed by atoms with Gasteiger partial charge in [0.05, 0.1) is 13.2 Å². The molecule has 1 fully saturated rings. The highest BCUT2D eigenvalue weighted by Gasteiger charge is 2.27. The van der Waals surface area contributed by atoms with Gasteiger partial charge in [-0.05, 0) is 26.3 Å². The van der Waals surface area contributed by atoms with Gasteiger partial charge in [0, 0.05) is 17.6 Å². The number of hydrogen-bond acceptors (Lipinski definition) is 5. The average molecular weight is 261 g/mol. The number of methoxy groups -OCH3 is 1. The molecule has 1 heterocycles. The second-order valence-electron chi connectivity index (χ2n) is 4.27. The maximum Gasteiger partial charge on any atom is 0.323 e. The van der Waals surface area contributed by atoms with Crippen LogP contribution in [0.2, 0.25) is 0 Å². The number of nitrogens with one attached hydrogen (secondary N) is 1. The SMILES string of the molecule is CCCNC(CSC1CCOC1C)C(=O)OC. The number of hydrogen-bond donors (Lipinski definition) is 1. The normalized spacial score (nSPS) is 25.8. The number of carbonyl (C=O) groups is 1. The third-order valence-electron chi connectivity index (χ3n) is 2.91. The van der Waals surface area contributed by atoms with Crippen molar-refractivity contribution in [2.45, 2.75) is 44.1 Å². The monoisotopic (exact) mass is 261 g/mol. The molecule has 0 aliphatic carbocycles. The second-order valence-corrected chi connectivity index (χ2v) is 5.54. The third kappa shape index (κ3) is 4.85. The fraction of sp³-hybridized carbons (Fsp3) is 0.917. The van der Waals surface area contributed by atoms with Crippen LogP contribution in [-0.4, -0.2) is 49.4 Å². The summed E-state index contributed by atoms with van der Waals surface area (Å²) in [5, 5.41) is 3.73. The highest BCUT2D eigenvalue weighted by molar-refractivity contribution is 8.00. The lowest BCUT2D eigenvalue weighted by molar-refractivity contribution is -0.142. The molecule has 0 aromatic heterocycles. The first-order valence-corrected chi connectivity index (χ1v) is 7.28. The number of esters is 1. The Kier molecular flexibility index (Phi) is 6.92. The largest absolute Gasteiger partial charge is 0.468 e. The molecule has 17 heavy (non-hydrogen) atoms. The number of rotatable bonds is 7.